The molecular formula is C23H23N5O4S. The van der Waals surface area contributed by atoms with E-state index in [0.29, 0.717) is 16.7 Å². The van der Waals surface area contributed by atoms with Crippen molar-refractivity contribution < 1.29 is 17.8 Å². The zero-order chi connectivity index (χ0) is 23.8. The second-order valence-corrected chi connectivity index (χ2v) is 9.32. The first-order valence-electron chi connectivity index (χ1n) is 10.1. The average molecular weight is 466 g/mol. The molecule has 0 saturated heterocycles. The summed E-state index contributed by atoms with van der Waals surface area (Å²) in [5, 5.41) is 0. The van der Waals surface area contributed by atoms with Crippen molar-refractivity contribution in [2.75, 3.05) is 14.1 Å². The molecule has 2 heterocycles. The number of benzene rings is 2. The van der Waals surface area contributed by atoms with Gasteiger partial charge in [0.1, 0.15) is 0 Å². The summed E-state index contributed by atoms with van der Waals surface area (Å²) in [6.45, 7) is -0.0816. The van der Waals surface area contributed by atoms with Crippen molar-refractivity contribution >= 4 is 22.2 Å². The Morgan fingerprint density at radius 3 is 2.33 bits per heavy atom. The molecule has 0 aliphatic carbocycles. The van der Waals surface area contributed by atoms with Crippen LogP contribution in [-0.4, -0.2) is 53.1 Å². The normalized spacial score (nSPS) is 18.6. The number of amides is 1. The lowest BCUT2D eigenvalue weighted by Crippen LogP contribution is -2.41. The topological polar surface area (TPSA) is 129 Å². The molecule has 3 aromatic rings. The maximum Gasteiger partial charge on any atom is 0.335 e. The van der Waals surface area contributed by atoms with Gasteiger partial charge >= 0.3 is 10.3 Å². The van der Waals surface area contributed by atoms with Gasteiger partial charge in [0.15, 0.2) is 11.5 Å². The predicted molar refractivity (Wildman–Crippen MR) is 124 cm³/mol. The molecule has 10 heteroatoms. The Morgan fingerprint density at radius 1 is 1.06 bits per heavy atom. The van der Waals surface area contributed by atoms with E-state index in [2.05, 4.69) is 9.98 Å². The lowest BCUT2D eigenvalue weighted by atomic mass is 9.81. The standard InChI is InChI=1S/C23H23N5O4S/c1-27(33(30,31)32)15-16-6-3-9-19(12-16)23(21(29)28(2)22(24)26-23)20-10-4-7-17(13-20)18-8-5-11-25-14-18/h3-14H,15H2,1-2H3,(H2,24,26)(H,30,31,32). The van der Waals surface area contributed by atoms with Crippen molar-refractivity contribution in [3.63, 3.8) is 0 Å². The van der Waals surface area contributed by atoms with Crippen molar-refractivity contribution in [2.45, 2.75) is 12.1 Å². The van der Waals surface area contributed by atoms with Gasteiger partial charge in [-0.05, 0) is 39.9 Å². The number of hydrogen-bond donors (Lipinski definition) is 2. The fourth-order valence-electron chi connectivity index (χ4n) is 3.87. The molecule has 0 spiro atoms. The summed E-state index contributed by atoms with van der Waals surface area (Å²) in [6.07, 6.45) is 3.42. The van der Waals surface area contributed by atoms with E-state index in [9.17, 15) is 17.8 Å². The van der Waals surface area contributed by atoms with Crippen molar-refractivity contribution in [3.05, 3.63) is 89.7 Å². The SMILES string of the molecule is CN1C(=O)C(c2cccc(CN(C)S(=O)(=O)O)c2)(c2cccc(-c3cccnc3)c2)N=C1N. The Balaban J connectivity index is 1.87. The second kappa shape index (κ2) is 8.39. The van der Waals surface area contributed by atoms with E-state index in [1.165, 1.54) is 11.9 Å². The van der Waals surface area contributed by atoms with Gasteiger partial charge in [-0.2, -0.15) is 12.7 Å². The highest BCUT2D eigenvalue weighted by Gasteiger charge is 2.49. The fraction of sp³-hybridized carbons (Fsp3) is 0.174. The molecule has 33 heavy (non-hydrogen) atoms. The van der Waals surface area contributed by atoms with E-state index in [1.807, 2.05) is 36.4 Å². The van der Waals surface area contributed by atoms with Gasteiger partial charge in [0.2, 0.25) is 0 Å². The van der Waals surface area contributed by atoms with E-state index >= 15 is 0 Å². The third-order valence-corrected chi connectivity index (χ3v) is 6.58. The van der Waals surface area contributed by atoms with E-state index in [4.69, 9.17) is 5.73 Å². The highest BCUT2D eigenvalue weighted by Crippen LogP contribution is 2.40. The van der Waals surface area contributed by atoms with Crippen LogP contribution >= 0.6 is 0 Å². The molecule has 170 valence electrons. The van der Waals surface area contributed by atoms with E-state index < -0.39 is 15.8 Å². The number of aromatic nitrogens is 1. The van der Waals surface area contributed by atoms with Gasteiger partial charge in [-0.15, -0.1) is 0 Å². The molecule has 1 aliphatic heterocycles. The first-order valence-corrected chi connectivity index (χ1v) is 11.5. The second-order valence-electron chi connectivity index (χ2n) is 7.80. The van der Waals surface area contributed by atoms with Crippen LogP contribution < -0.4 is 5.73 Å². The Bertz CT molecular complexity index is 1340. The number of carbonyl (C=O) groups is 1. The summed E-state index contributed by atoms with van der Waals surface area (Å²) in [6, 6.07) is 18.1. The molecule has 1 amide bonds. The summed E-state index contributed by atoms with van der Waals surface area (Å²) in [7, 11) is -1.54. The summed E-state index contributed by atoms with van der Waals surface area (Å²) >= 11 is 0. The van der Waals surface area contributed by atoms with Gasteiger partial charge in [-0.1, -0.05) is 48.5 Å². The van der Waals surface area contributed by atoms with Gasteiger partial charge in [-0.3, -0.25) is 19.2 Å². The lowest BCUT2D eigenvalue weighted by molar-refractivity contribution is -0.129. The van der Waals surface area contributed by atoms with Crippen molar-refractivity contribution in [3.8, 4) is 11.1 Å². The third-order valence-electron chi connectivity index (χ3n) is 5.66. The van der Waals surface area contributed by atoms with Crippen LogP contribution in [0.4, 0.5) is 0 Å². The molecule has 0 radical (unpaired) electrons. The number of rotatable bonds is 6. The molecule has 0 bridgehead atoms. The zero-order valence-electron chi connectivity index (χ0n) is 18.1. The van der Waals surface area contributed by atoms with Crippen molar-refractivity contribution in [1.82, 2.24) is 14.2 Å². The molecule has 1 aromatic heterocycles. The van der Waals surface area contributed by atoms with Crippen molar-refractivity contribution in [2.24, 2.45) is 10.7 Å². The number of carbonyl (C=O) groups excluding carboxylic acids is 1. The molecule has 1 aliphatic rings. The number of guanidine groups is 1. The van der Waals surface area contributed by atoms with Crippen LogP contribution in [0.25, 0.3) is 11.1 Å². The minimum atomic E-state index is -4.36. The smallest absolute Gasteiger partial charge is 0.335 e. The minimum Gasteiger partial charge on any atom is -0.369 e. The Morgan fingerprint density at radius 2 is 1.73 bits per heavy atom. The van der Waals surface area contributed by atoms with Crippen molar-refractivity contribution in [1.29, 1.82) is 0 Å². The minimum absolute atomic E-state index is 0.0761. The van der Waals surface area contributed by atoms with E-state index in [0.717, 1.165) is 15.4 Å². The Kier molecular flexibility index (Phi) is 5.75. The molecule has 2 aromatic carbocycles. The monoisotopic (exact) mass is 465 g/mol. The number of pyridine rings is 1. The number of nitrogens with zero attached hydrogens (tertiary/aromatic N) is 4. The molecule has 1 atom stereocenters. The zero-order valence-corrected chi connectivity index (χ0v) is 18.9. The van der Waals surface area contributed by atoms with Crippen LogP contribution in [0, 0.1) is 0 Å². The molecular weight excluding hydrogens is 442 g/mol. The van der Waals surface area contributed by atoms with Gasteiger partial charge in [0, 0.05) is 33.0 Å². The first-order chi connectivity index (χ1) is 15.6. The molecule has 9 nitrogen and oxygen atoms in total. The number of nitrogens with two attached hydrogens (primary N) is 1. The Hall–Kier alpha value is -3.60. The van der Waals surface area contributed by atoms with Crippen LogP contribution in [-0.2, 0) is 27.2 Å². The van der Waals surface area contributed by atoms with Gasteiger partial charge in [0.25, 0.3) is 5.91 Å². The van der Waals surface area contributed by atoms with Crippen LogP contribution in [0.1, 0.15) is 16.7 Å². The quantitative estimate of drug-likeness (QED) is 0.536. The highest BCUT2D eigenvalue weighted by molar-refractivity contribution is 7.83. The van der Waals surface area contributed by atoms with Crippen LogP contribution in [0.3, 0.4) is 0 Å². The number of likely N-dealkylation sites (N-methyl/N-ethyl adjacent to an activating group) is 1. The average Bonchev–Trinajstić information content (AvgIpc) is 3.04. The molecule has 4 rings (SSSR count). The maximum atomic E-state index is 13.6. The molecule has 1 unspecified atom stereocenters. The largest absolute Gasteiger partial charge is 0.369 e. The summed E-state index contributed by atoms with van der Waals surface area (Å²) in [5.74, 6) is -0.254. The number of hydrogen-bond acceptors (Lipinski definition) is 6. The third kappa shape index (κ3) is 4.11. The lowest BCUT2D eigenvalue weighted by Gasteiger charge is -2.27. The van der Waals surface area contributed by atoms with Crippen LogP contribution in [0.5, 0.6) is 0 Å². The fourth-order valence-corrected chi connectivity index (χ4v) is 4.19. The summed E-state index contributed by atoms with van der Waals surface area (Å²) < 4.78 is 33.0. The highest BCUT2D eigenvalue weighted by atomic mass is 32.2. The molecule has 3 N–H and O–H groups in total. The number of aliphatic imine (C=N–C) groups is 1. The summed E-state index contributed by atoms with van der Waals surface area (Å²) in [4.78, 5) is 23.6. The van der Waals surface area contributed by atoms with Gasteiger partial charge in [0.05, 0.1) is 0 Å². The van der Waals surface area contributed by atoms with Gasteiger partial charge in [-0.25, -0.2) is 4.99 Å². The molecule has 0 fully saturated rings. The Labute approximate surface area is 192 Å². The van der Waals surface area contributed by atoms with Crippen LogP contribution in [0.15, 0.2) is 78.0 Å². The maximum absolute atomic E-state index is 13.6. The van der Waals surface area contributed by atoms with E-state index in [-0.39, 0.29) is 18.4 Å². The van der Waals surface area contributed by atoms with Crippen LogP contribution in [0.2, 0.25) is 0 Å². The van der Waals surface area contributed by atoms with E-state index in [1.54, 1.807) is 43.7 Å². The molecule has 0 saturated carbocycles. The summed E-state index contributed by atoms with van der Waals surface area (Å²) in [5.41, 5.74) is 8.09. The predicted octanol–water partition coefficient (Wildman–Crippen LogP) is 2.01. The van der Waals surface area contributed by atoms with Gasteiger partial charge < -0.3 is 5.73 Å². The first kappa shape index (κ1) is 22.6.